The average Bonchev–Trinajstić information content (AvgIpc) is 2.93. The predicted octanol–water partition coefficient (Wildman–Crippen LogP) is 5.61. The van der Waals surface area contributed by atoms with Crippen LogP contribution in [-0.4, -0.2) is 35.5 Å². The van der Waals surface area contributed by atoms with Crippen LogP contribution in [0, 0.1) is 5.82 Å². The Morgan fingerprint density at radius 3 is 2.54 bits per heavy atom. The number of aromatic nitrogens is 3. The summed E-state index contributed by atoms with van der Waals surface area (Å²) in [6.07, 6.45) is 8.45. The number of ether oxygens (including phenoxy) is 1. The SMILES string of the molecule is NC1CCC(Nc2nccc(-c3cnccc3Oc3cc(Cl)c(NS(=O)(=O)c4ccccc4)cc3F)n2)CC1. The maximum absolute atomic E-state index is 15.1. The second kappa shape index (κ2) is 11.5. The van der Waals surface area contributed by atoms with Gasteiger partial charge >= 0.3 is 0 Å². The van der Waals surface area contributed by atoms with Crippen LogP contribution in [0.15, 0.2) is 78.1 Å². The van der Waals surface area contributed by atoms with Crippen LogP contribution in [0.1, 0.15) is 25.7 Å². The van der Waals surface area contributed by atoms with Crippen molar-refractivity contribution in [2.75, 3.05) is 10.0 Å². The summed E-state index contributed by atoms with van der Waals surface area (Å²) in [7, 11) is -3.96. The smallest absolute Gasteiger partial charge is 0.261 e. The quantitative estimate of drug-likeness (QED) is 0.250. The number of pyridine rings is 1. The van der Waals surface area contributed by atoms with Crippen LogP contribution in [-0.2, 0) is 10.0 Å². The third kappa shape index (κ3) is 6.44. The Labute approximate surface area is 230 Å². The van der Waals surface area contributed by atoms with Crippen LogP contribution < -0.4 is 20.5 Å². The minimum absolute atomic E-state index is 0.0222. The molecule has 4 aromatic rings. The highest BCUT2D eigenvalue weighted by atomic mass is 35.5. The van der Waals surface area contributed by atoms with Gasteiger partial charge in [-0.15, -0.1) is 0 Å². The largest absolute Gasteiger partial charge is 0.453 e. The number of hydrogen-bond acceptors (Lipinski definition) is 8. The highest BCUT2D eigenvalue weighted by Gasteiger charge is 2.21. The Bertz CT molecular complexity index is 1570. The highest BCUT2D eigenvalue weighted by Crippen LogP contribution is 2.37. The molecule has 202 valence electrons. The van der Waals surface area contributed by atoms with E-state index in [9.17, 15) is 8.42 Å². The van der Waals surface area contributed by atoms with Gasteiger partial charge in [-0.3, -0.25) is 9.71 Å². The first kappa shape index (κ1) is 26.8. The molecule has 0 radical (unpaired) electrons. The van der Waals surface area contributed by atoms with Gasteiger partial charge in [0.25, 0.3) is 10.0 Å². The maximum atomic E-state index is 15.1. The van der Waals surface area contributed by atoms with Crippen molar-refractivity contribution < 1.29 is 17.5 Å². The molecular formula is C27H26ClFN6O3S. The molecule has 2 aromatic heterocycles. The molecule has 0 spiro atoms. The van der Waals surface area contributed by atoms with E-state index in [-0.39, 0.29) is 39.2 Å². The summed E-state index contributed by atoms with van der Waals surface area (Å²) >= 11 is 6.32. The second-order valence-electron chi connectivity index (χ2n) is 9.18. The van der Waals surface area contributed by atoms with E-state index in [0.29, 0.717) is 17.2 Å². The van der Waals surface area contributed by atoms with E-state index < -0.39 is 15.8 Å². The minimum Gasteiger partial charge on any atom is -0.453 e. The molecule has 1 aliphatic carbocycles. The van der Waals surface area contributed by atoms with Crippen molar-refractivity contribution >= 4 is 33.3 Å². The predicted molar refractivity (Wildman–Crippen MR) is 148 cm³/mol. The number of sulfonamides is 1. The second-order valence-corrected chi connectivity index (χ2v) is 11.3. The molecule has 5 rings (SSSR count). The summed E-state index contributed by atoms with van der Waals surface area (Å²) in [6.45, 7) is 0. The van der Waals surface area contributed by atoms with E-state index in [0.717, 1.165) is 31.7 Å². The molecule has 1 aliphatic rings. The van der Waals surface area contributed by atoms with Gasteiger partial charge in [0.15, 0.2) is 11.6 Å². The first-order chi connectivity index (χ1) is 18.8. The first-order valence-corrected chi connectivity index (χ1v) is 14.2. The number of benzene rings is 2. The lowest BCUT2D eigenvalue weighted by Gasteiger charge is -2.26. The number of nitrogens with zero attached hydrogens (tertiary/aromatic N) is 3. The van der Waals surface area contributed by atoms with Gasteiger partial charge in [-0.2, -0.15) is 0 Å². The summed E-state index contributed by atoms with van der Waals surface area (Å²) < 4.78 is 48.6. The standard InChI is InChI=1S/C27H26ClFN6O3S/c28-21-14-26(22(29)15-24(21)35-39(36,37)19-4-2-1-3-5-19)38-25-11-12-31-16-20(25)23-10-13-32-27(34-23)33-18-8-6-17(30)7-9-18/h1-5,10-18,35H,6-9,30H2,(H,32,33,34). The number of nitrogens with two attached hydrogens (primary N) is 1. The molecule has 12 heteroatoms. The first-order valence-electron chi connectivity index (χ1n) is 12.3. The van der Waals surface area contributed by atoms with Crippen molar-refractivity contribution in [3.8, 4) is 22.8 Å². The summed E-state index contributed by atoms with van der Waals surface area (Å²) in [5, 5.41) is 3.32. The van der Waals surface area contributed by atoms with Gasteiger partial charge in [0.2, 0.25) is 5.95 Å². The lowest BCUT2D eigenvalue weighted by atomic mass is 9.92. The monoisotopic (exact) mass is 568 g/mol. The van der Waals surface area contributed by atoms with E-state index >= 15 is 4.39 Å². The molecule has 0 atom stereocenters. The highest BCUT2D eigenvalue weighted by molar-refractivity contribution is 7.92. The number of hydrogen-bond donors (Lipinski definition) is 3. The number of halogens is 2. The van der Waals surface area contributed by atoms with Gasteiger partial charge in [-0.1, -0.05) is 29.8 Å². The van der Waals surface area contributed by atoms with Crippen molar-refractivity contribution in [2.45, 2.75) is 42.7 Å². The van der Waals surface area contributed by atoms with E-state index in [1.54, 1.807) is 42.7 Å². The molecule has 0 saturated heterocycles. The van der Waals surface area contributed by atoms with Crippen LogP contribution in [0.2, 0.25) is 5.02 Å². The molecular weight excluding hydrogens is 543 g/mol. The zero-order valence-electron chi connectivity index (χ0n) is 20.7. The van der Waals surface area contributed by atoms with Crippen LogP contribution >= 0.6 is 11.6 Å². The molecule has 0 unspecified atom stereocenters. The Morgan fingerprint density at radius 2 is 1.77 bits per heavy atom. The summed E-state index contributed by atoms with van der Waals surface area (Å²) in [5.74, 6) is -0.257. The fourth-order valence-electron chi connectivity index (χ4n) is 4.29. The molecule has 9 nitrogen and oxygen atoms in total. The molecule has 0 bridgehead atoms. The molecule has 39 heavy (non-hydrogen) atoms. The minimum atomic E-state index is -3.96. The maximum Gasteiger partial charge on any atom is 0.261 e. The molecule has 4 N–H and O–H groups in total. The number of rotatable bonds is 8. The van der Waals surface area contributed by atoms with Crippen molar-refractivity contribution in [3.05, 3.63) is 84.0 Å². The van der Waals surface area contributed by atoms with Crippen LogP contribution in [0.5, 0.6) is 11.5 Å². The molecule has 1 fully saturated rings. The molecule has 0 amide bonds. The fourth-order valence-corrected chi connectivity index (χ4v) is 5.64. The molecule has 0 aliphatic heterocycles. The Morgan fingerprint density at radius 1 is 1.00 bits per heavy atom. The van der Waals surface area contributed by atoms with Crippen LogP contribution in [0.4, 0.5) is 16.0 Å². The third-order valence-corrected chi connectivity index (χ3v) is 8.05. The van der Waals surface area contributed by atoms with Gasteiger partial charge < -0.3 is 15.8 Å². The number of anilines is 2. The fraction of sp³-hybridized carbons (Fsp3) is 0.222. The molecule has 2 heterocycles. The normalized spacial score (nSPS) is 17.4. The van der Waals surface area contributed by atoms with Gasteiger partial charge in [0.05, 0.1) is 26.9 Å². The van der Waals surface area contributed by atoms with Gasteiger partial charge in [-0.05, 0) is 49.9 Å². The molecule has 2 aromatic carbocycles. The van der Waals surface area contributed by atoms with Crippen molar-refractivity contribution in [3.63, 3.8) is 0 Å². The van der Waals surface area contributed by atoms with E-state index in [4.69, 9.17) is 22.1 Å². The van der Waals surface area contributed by atoms with Crippen LogP contribution in [0.3, 0.4) is 0 Å². The Balaban J connectivity index is 1.37. The van der Waals surface area contributed by atoms with E-state index in [1.165, 1.54) is 24.4 Å². The Kier molecular flexibility index (Phi) is 7.92. The lowest BCUT2D eigenvalue weighted by Crippen LogP contribution is -2.33. The van der Waals surface area contributed by atoms with Gasteiger partial charge in [-0.25, -0.2) is 22.8 Å². The van der Waals surface area contributed by atoms with Crippen molar-refractivity contribution in [2.24, 2.45) is 5.73 Å². The van der Waals surface area contributed by atoms with E-state index in [2.05, 4.69) is 25.0 Å². The van der Waals surface area contributed by atoms with E-state index in [1.807, 2.05) is 0 Å². The summed E-state index contributed by atoms with van der Waals surface area (Å²) in [5.41, 5.74) is 6.93. The average molecular weight is 569 g/mol. The Hall–Kier alpha value is -3.80. The summed E-state index contributed by atoms with van der Waals surface area (Å²) in [6, 6.07) is 13.6. The third-order valence-electron chi connectivity index (χ3n) is 6.36. The van der Waals surface area contributed by atoms with Crippen LogP contribution in [0.25, 0.3) is 11.3 Å². The van der Waals surface area contributed by atoms with Gasteiger partial charge in [0, 0.05) is 42.8 Å². The van der Waals surface area contributed by atoms with Crippen molar-refractivity contribution in [1.29, 1.82) is 0 Å². The van der Waals surface area contributed by atoms with Gasteiger partial charge in [0.1, 0.15) is 5.75 Å². The van der Waals surface area contributed by atoms with Crippen molar-refractivity contribution in [1.82, 2.24) is 15.0 Å². The summed E-state index contributed by atoms with van der Waals surface area (Å²) in [4.78, 5) is 13.1. The topological polar surface area (TPSA) is 132 Å². The molecule has 1 saturated carbocycles. The lowest BCUT2D eigenvalue weighted by molar-refractivity contribution is 0.410. The zero-order valence-corrected chi connectivity index (χ0v) is 22.3. The number of nitrogens with one attached hydrogen (secondary N) is 2. The zero-order chi connectivity index (χ0) is 27.4.